The Balaban J connectivity index is 1.84. The van der Waals surface area contributed by atoms with Crippen molar-refractivity contribution in [3.8, 4) is 23.3 Å². The maximum Gasteiger partial charge on any atom is 0.346 e. The summed E-state index contributed by atoms with van der Waals surface area (Å²) in [6.07, 6.45) is 1.34. The average molecular weight is 495 g/mol. The molecule has 0 atom stereocenters. The number of nitrogens with zero attached hydrogens (tertiary/aromatic N) is 1. The van der Waals surface area contributed by atoms with Gasteiger partial charge >= 0.3 is 5.97 Å². The van der Waals surface area contributed by atoms with E-state index in [1.807, 2.05) is 6.07 Å². The number of carbonyl (C=O) groups excluding carboxylic acids is 2. The molecule has 7 nitrogen and oxygen atoms in total. The van der Waals surface area contributed by atoms with E-state index in [4.69, 9.17) is 25.8 Å². The van der Waals surface area contributed by atoms with Crippen LogP contribution in [0.3, 0.4) is 0 Å². The third kappa shape index (κ3) is 5.96. The van der Waals surface area contributed by atoms with E-state index in [9.17, 15) is 19.2 Å². The van der Waals surface area contributed by atoms with E-state index in [-0.39, 0.29) is 22.6 Å². The van der Waals surface area contributed by atoms with E-state index >= 15 is 0 Å². The van der Waals surface area contributed by atoms with Gasteiger partial charge in [-0.05, 0) is 54.5 Å². The number of methoxy groups -OCH3 is 2. The van der Waals surface area contributed by atoms with Gasteiger partial charge in [0.15, 0.2) is 11.5 Å². The number of amides is 1. The molecule has 3 aromatic carbocycles. The fourth-order valence-electron chi connectivity index (χ4n) is 3.07. The van der Waals surface area contributed by atoms with Crippen LogP contribution in [0.1, 0.15) is 21.5 Å². The summed E-state index contributed by atoms with van der Waals surface area (Å²) in [5.74, 6) is -1.74. The maximum absolute atomic E-state index is 13.9. The lowest BCUT2D eigenvalue weighted by Crippen LogP contribution is -2.14. The first-order chi connectivity index (χ1) is 16.8. The molecule has 0 unspecified atom stereocenters. The zero-order valence-electron chi connectivity index (χ0n) is 19.0. The SMILES string of the molecule is COc1cc(Cl)c(C)cc1NC(=O)/C(C#N)=C/c1ccc(OC(=O)c2ccccc2F)c(OC)c1. The van der Waals surface area contributed by atoms with E-state index in [1.54, 1.807) is 19.1 Å². The number of rotatable bonds is 7. The van der Waals surface area contributed by atoms with Crippen LogP contribution in [0.4, 0.5) is 10.1 Å². The van der Waals surface area contributed by atoms with Crippen molar-refractivity contribution in [1.29, 1.82) is 5.26 Å². The number of nitriles is 1. The molecular formula is C26H20ClFN2O5. The fourth-order valence-corrected chi connectivity index (χ4v) is 3.23. The third-order valence-electron chi connectivity index (χ3n) is 4.89. The Morgan fingerprint density at radius 3 is 2.40 bits per heavy atom. The minimum atomic E-state index is -0.894. The number of benzene rings is 3. The molecule has 178 valence electrons. The minimum absolute atomic E-state index is 0.0437. The van der Waals surface area contributed by atoms with E-state index in [0.717, 1.165) is 11.6 Å². The molecule has 0 aliphatic carbocycles. The molecule has 0 aliphatic rings. The number of ether oxygens (including phenoxy) is 3. The first-order valence-electron chi connectivity index (χ1n) is 10.2. The first-order valence-corrected chi connectivity index (χ1v) is 10.6. The Hall–Kier alpha value is -4.35. The Morgan fingerprint density at radius 1 is 1.03 bits per heavy atom. The lowest BCUT2D eigenvalue weighted by Gasteiger charge is -2.12. The van der Waals surface area contributed by atoms with Gasteiger partial charge in [0.2, 0.25) is 0 Å². The Morgan fingerprint density at radius 2 is 1.74 bits per heavy atom. The van der Waals surface area contributed by atoms with Gasteiger partial charge in [0, 0.05) is 11.1 Å². The molecule has 0 spiro atoms. The van der Waals surface area contributed by atoms with Gasteiger partial charge in [0.05, 0.1) is 25.5 Å². The molecule has 0 aromatic heterocycles. The molecule has 0 saturated carbocycles. The lowest BCUT2D eigenvalue weighted by molar-refractivity contribution is -0.112. The predicted molar refractivity (Wildman–Crippen MR) is 129 cm³/mol. The number of esters is 1. The molecule has 0 fully saturated rings. The topological polar surface area (TPSA) is 97.6 Å². The van der Waals surface area contributed by atoms with E-state index < -0.39 is 17.7 Å². The molecular weight excluding hydrogens is 475 g/mol. The highest BCUT2D eigenvalue weighted by molar-refractivity contribution is 6.31. The molecule has 9 heteroatoms. The number of aryl methyl sites for hydroxylation is 1. The van der Waals surface area contributed by atoms with Crippen molar-refractivity contribution in [2.24, 2.45) is 0 Å². The second kappa shape index (κ2) is 11.2. The summed E-state index contributed by atoms with van der Waals surface area (Å²) in [4.78, 5) is 25.1. The molecule has 0 radical (unpaired) electrons. The average Bonchev–Trinajstić information content (AvgIpc) is 2.85. The number of anilines is 1. The second-order valence-electron chi connectivity index (χ2n) is 7.21. The lowest BCUT2D eigenvalue weighted by atomic mass is 10.1. The van der Waals surface area contributed by atoms with Crippen LogP contribution in [0, 0.1) is 24.1 Å². The Bertz CT molecular complexity index is 1360. The summed E-state index contributed by atoms with van der Waals surface area (Å²) in [5, 5.41) is 12.7. The van der Waals surface area contributed by atoms with Gasteiger partial charge in [-0.2, -0.15) is 5.26 Å². The first kappa shape index (κ1) is 25.3. The summed E-state index contributed by atoms with van der Waals surface area (Å²) >= 11 is 6.10. The van der Waals surface area contributed by atoms with Gasteiger partial charge in [0.1, 0.15) is 23.2 Å². The summed E-state index contributed by atoms with van der Waals surface area (Å²) < 4.78 is 29.7. The number of halogens is 2. The molecule has 0 heterocycles. The molecule has 35 heavy (non-hydrogen) atoms. The van der Waals surface area contributed by atoms with Gasteiger partial charge in [-0.25, -0.2) is 9.18 Å². The van der Waals surface area contributed by atoms with E-state index in [0.29, 0.717) is 22.0 Å². The van der Waals surface area contributed by atoms with Crippen LogP contribution in [0.25, 0.3) is 6.08 Å². The van der Waals surface area contributed by atoms with Crippen LogP contribution in [0.2, 0.25) is 5.02 Å². The highest BCUT2D eigenvalue weighted by Crippen LogP contribution is 2.32. The third-order valence-corrected chi connectivity index (χ3v) is 5.30. The summed E-state index contributed by atoms with van der Waals surface area (Å²) in [7, 11) is 2.79. The van der Waals surface area contributed by atoms with Crippen molar-refractivity contribution in [3.63, 3.8) is 0 Å². The quantitative estimate of drug-likeness (QED) is 0.199. The zero-order valence-corrected chi connectivity index (χ0v) is 19.8. The van der Waals surface area contributed by atoms with Crippen molar-refractivity contribution in [1.82, 2.24) is 0 Å². The van der Waals surface area contributed by atoms with Gasteiger partial charge in [0.25, 0.3) is 5.91 Å². The van der Waals surface area contributed by atoms with Crippen molar-refractivity contribution in [3.05, 3.63) is 87.7 Å². The molecule has 0 bridgehead atoms. The monoisotopic (exact) mass is 494 g/mol. The summed E-state index contributed by atoms with van der Waals surface area (Å²) in [6, 6.07) is 14.9. The molecule has 1 N–H and O–H groups in total. The number of nitrogens with one attached hydrogen (secondary N) is 1. The number of carbonyl (C=O) groups is 2. The molecule has 3 aromatic rings. The van der Waals surface area contributed by atoms with E-state index in [2.05, 4.69) is 5.32 Å². The van der Waals surface area contributed by atoms with Crippen LogP contribution in [0.15, 0.2) is 60.2 Å². The maximum atomic E-state index is 13.9. The smallest absolute Gasteiger partial charge is 0.346 e. The van der Waals surface area contributed by atoms with Crippen LogP contribution < -0.4 is 19.5 Å². The van der Waals surface area contributed by atoms with Gasteiger partial charge < -0.3 is 19.5 Å². The van der Waals surface area contributed by atoms with Crippen LogP contribution >= 0.6 is 11.6 Å². The highest BCUT2D eigenvalue weighted by Gasteiger charge is 2.17. The Labute approximate surface area is 206 Å². The standard InChI is InChI=1S/C26H20ClFN2O5/c1-15-10-21(23(33-2)13-19(15)27)30-25(31)17(14-29)11-16-8-9-22(24(12-16)34-3)35-26(32)18-6-4-5-7-20(18)28/h4-13H,1-3H3,(H,30,31)/b17-11+. The van der Waals surface area contributed by atoms with Crippen molar-refractivity contribution < 1.29 is 28.2 Å². The van der Waals surface area contributed by atoms with Crippen molar-refractivity contribution >= 4 is 35.2 Å². The summed E-state index contributed by atoms with van der Waals surface area (Å²) in [6.45, 7) is 1.77. The molecule has 0 aliphatic heterocycles. The van der Waals surface area contributed by atoms with Crippen LogP contribution in [0.5, 0.6) is 17.2 Å². The highest BCUT2D eigenvalue weighted by atomic mass is 35.5. The predicted octanol–water partition coefficient (Wildman–Crippen LogP) is 5.57. The largest absolute Gasteiger partial charge is 0.495 e. The van der Waals surface area contributed by atoms with Crippen LogP contribution in [-0.4, -0.2) is 26.1 Å². The van der Waals surface area contributed by atoms with Gasteiger partial charge in [-0.3, -0.25) is 4.79 Å². The normalized spacial score (nSPS) is 10.8. The molecule has 1 amide bonds. The molecule has 3 rings (SSSR count). The number of hydrogen-bond donors (Lipinski definition) is 1. The minimum Gasteiger partial charge on any atom is -0.495 e. The van der Waals surface area contributed by atoms with Crippen molar-refractivity contribution in [2.75, 3.05) is 19.5 Å². The van der Waals surface area contributed by atoms with Gasteiger partial charge in [-0.1, -0.05) is 29.8 Å². The summed E-state index contributed by atoms with van der Waals surface area (Å²) in [5.41, 5.74) is 1.08. The van der Waals surface area contributed by atoms with Gasteiger partial charge in [-0.15, -0.1) is 0 Å². The van der Waals surface area contributed by atoms with Crippen molar-refractivity contribution in [2.45, 2.75) is 6.92 Å². The Kier molecular flexibility index (Phi) is 8.08. The fraction of sp³-hybridized carbons (Fsp3) is 0.115. The number of hydrogen-bond acceptors (Lipinski definition) is 6. The van der Waals surface area contributed by atoms with E-state index in [1.165, 1.54) is 56.7 Å². The second-order valence-corrected chi connectivity index (χ2v) is 7.61. The molecule has 0 saturated heterocycles. The zero-order chi connectivity index (χ0) is 25.5. The van der Waals surface area contributed by atoms with Crippen LogP contribution in [-0.2, 0) is 4.79 Å².